The summed E-state index contributed by atoms with van der Waals surface area (Å²) in [6.45, 7) is 5.82. The van der Waals surface area contributed by atoms with E-state index < -0.39 is 5.97 Å². The molecule has 1 fully saturated rings. The molecular formula is C19H24O2. The van der Waals surface area contributed by atoms with E-state index in [1.807, 2.05) is 12.2 Å². The summed E-state index contributed by atoms with van der Waals surface area (Å²) in [5.41, 5.74) is 3.85. The van der Waals surface area contributed by atoms with Gasteiger partial charge in [-0.05, 0) is 61.1 Å². The van der Waals surface area contributed by atoms with Crippen molar-refractivity contribution in [3.05, 3.63) is 54.1 Å². The number of benzene rings is 1. The average Bonchev–Trinajstić information content (AvgIpc) is 2.48. The van der Waals surface area contributed by atoms with Crippen molar-refractivity contribution >= 4 is 11.5 Å². The zero-order valence-corrected chi connectivity index (χ0v) is 12.7. The first kappa shape index (κ1) is 15.6. The molecule has 0 saturated heterocycles. The summed E-state index contributed by atoms with van der Waals surface area (Å²) in [4.78, 5) is 10.8. The first-order valence-corrected chi connectivity index (χ1v) is 7.71. The Morgan fingerprint density at radius 1 is 1.24 bits per heavy atom. The highest BCUT2D eigenvalue weighted by molar-refractivity contribution is 5.67. The van der Waals surface area contributed by atoms with Crippen LogP contribution in [0, 0.1) is 5.92 Å². The fourth-order valence-corrected chi connectivity index (χ4v) is 3.24. The predicted octanol–water partition coefficient (Wildman–Crippen LogP) is 5.02. The van der Waals surface area contributed by atoms with Crippen LogP contribution < -0.4 is 0 Å². The summed E-state index contributed by atoms with van der Waals surface area (Å²) >= 11 is 0. The summed E-state index contributed by atoms with van der Waals surface area (Å²) in [5, 5.41) is 8.86. The summed E-state index contributed by atoms with van der Waals surface area (Å²) in [7, 11) is 0. The molecule has 1 aliphatic carbocycles. The molecule has 2 heteroatoms. The molecule has 1 aromatic carbocycles. The fraction of sp³-hybridized carbons (Fsp3) is 0.421. The van der Waals surface area contributed by atoms with Gasteiger partial charge in [-0.2, -0.15) is 0 Å². The van der Waals surface area contributed by atoms with Crippen molar-refractivity contribution in [3.8, 4) is 0 Å². The van der Waals surface area contributed by atoms with Crippen molar-refractivity contribution in [2.45, 2.75) is 44.9 Å². The lowest BCUT2D eigenvalue weighted by atomic mass is 9.77. The van der Waals surface area contributed by atoms with Gasteiger partial charge < -0.3 is 5.11 Å². The van der Waals surface area contributed by atoms with Crippen molar-refractivity contribution in [2.75, 3.05) is 0 Å². The molecule has 0 aromatic heterocycles. The van der Waals surface area contributed by atoms with E-state index in [1.54, 1.807) is 0 Å². The van der Waals surface area contributed by atoms with Gasteiger partial charge >= 0.3 is 5.97 Å². The number of rotatable bonds is 5. The van der Waals surface area contributed by atoms with Gasteiger partial charge in [-0.25, -0.2) is 0 Å². The lowest BCUT2D eigenvalue weighted by Gasteiger charge is -2.28. The monoisotopic (exact) mass is 284 g/mol. The number of hydrogen-bond acceptors (Lipinski definition) is 1. The molecule has 0 unspecified atom stereocenters. The van der Waals surface area contributed by atoms with Crippen LogP contribution >= 0.6 is 0 Å². The number of aliphatic carboxylic acids is 1. The van der Waals surface area contributed by atoms with Crippen LogP contribution in [0.4, 0.5) is 0 Å². The number of carbonyl (C=O) groups is 1. The highest BCUT2D eigenvalue weighted by Gasteiger charge is 2.23. The van der Waals surface area contributed by atoms with Crippen molar-refractivity contribution < 1.29 is 9.90 Å². The summed E-state index contributed by atoms with van der Waals surface area (Å²) in [6, 6.07) is 8.79. The Hall–Kier alpha value is -1.83. The van der Waals surface area contributed by atoms with Gasteiger partial charge in [-0.15, -0.1) is 0 Å². The third-order valence-electron chi connectivity index (χ3n) is 4.52. The highest BCUT2D eigenvalue weighted by atomic mass is 16.4. The zero-order valence-electron chi connectivity index (χ0n) is 12.7. The van der Waals surface area contributed by atoms with E-state index in [0.29, 0.717) is 18.3 Å². The van der Waals surface area contributed by atoms with E-state index in [9.17, 15) is 4.79 Å². The molecule has 21 heavy (non-hydrogen) atoms. The van der Waals surface area contributed by atoms with Gasteiger partial charge in [0.2, 0.25) is 0 Å². The Labute approximate surface area is 127 Å². The van der Waals surface area contributed by atoms with Crippen molar-refractivity contribution in [1.82, 2.24) is 0 Å². The average molecular weight is 284 g/mol. The predicted molar refractivity (Wildman–Crippen MR) is 87.2 cm³/mol. The van der Waals surface area contributed by atoms with Gasteiger partial charge in [0, 0.05) is 6.42 Å². The van der Waals surface area contributed by atoms with Gasteiger partial charge in [0.25, 0.3) is 0 Å². The van der Waals surface area contributed by atoms with E-state index in [2.05, 4.69) is 37.8 Å². The molecule has 1 saturated carbocycles. The van der Waals surface area contributed by atoms with Gasteiger partial charge in [-0.1, -0.05) is 43.0 Å². The SMILES string of the molecule is C=CC=C(C)c1ccc(C2CCC(CC(=O)O)CC2)cc1. The maximum atomic E-state index is 10.8. The topological polar surface area (TPSA) is 37.3 Å². The molecule has 1 N–H and O–H groups in total. The highest BCUT2D eigenvalue weighted by Crippen LogP contribution is 2.37. The molecule has 2 rings (SSSR count). The van der Waals surface area contributed by atoms with Crippen molar-refractivity contribution in [2.24, 2.45) is 5.92 Å². The molecule has 0 spiro atoms. The van der Waals surface area contributed by atoms with Gasteiger partial charge in [-0.3, -0.25) is 4.79 Å². The van der Waals surface area contributed by atoms with Crippen molar-refractivity contribution in [1.29, 1.82) is 0 Å². The molecule has 1 aromatic rings. The zero-order chi connectivity index (χ0) is 15.2. The molecule has 112 valence electrons. The molecule has 2 nitrogen and oxygen atoms in total. The summed E-state index contributed by atoms with van der Waals surface area (Å²) < 4.78 is 0. The van der Waals surface area contributed by atoms with Crippen LogP contribution in [0.25, 0.3) is 5.57 Å². The largest absolute Gasteiger partial charge is 0.481 e. The number of carboxylic acids is 1. The Morgan fingerprint density at radius 3 is 2.38 bits per heavy atom. The minimum absolute atomic E-state index is 0.331. The van der Waals surface area contributed by atoms with Crippen LogP contribution in [0.5, 0.6) is 0 Å². The van der Waals surface area contributed by atoms with E-state index in [0.717, 1.165) is 25.7 Å². The quantitative estimate of drug-likeness (QED) is 0.770. The van der Waals surface area contributed by atoms with Crippen LogP contribution in [-0.2, 0) is 4.79 Å². The van der Waals surface area contributed by atoms with E-state index in [-0.39, 0.29) is 0 Å². The molecule has 0 aliphatic heterocycles. The first-order chi connectivity index (χ1) is 10.1. The van der Waals surface area contributed by atoms with Crippen LogP contribution in [0.2, 0.25) is 0 Å². The molecule has 0 atom stereocenters. The Kier molecular flexibility index (Phi) is 5.38. The normalized spacial score (nSPS) is 22.8. The second-order valence-corrected chi connectivity index (χ2v) is 6.02. The first-order valence-electron chi connectivity index (χ1n) is 7.71. The maximum absolute atomic E-state index is 10.8. The Morgan fingerprint density at radius 2 is 1.86 bits per heavy atom. The third-order valence-corrected chi connectivity index (χ3v) is 4.52. The fourth-order valence-electron chi connectivity index (χ4n) is 3.24. The molecule has 0 amide bonds. The van der Waals surface area contributed by atoms with E-state index >= 15 is 0 Å². The van der Waals surface area contributed by atoms with E-state index in [1.165, 1.54) is 16.7 Å². The minimum atomic E-state index is -0.660. The number of carboxylic acid groups (broad SMARTS) is 1. The number of allylic oxidation sites excluding steroid dienone is 3. The van der Waals surface area contributed by atoms with Crippen molar-refractivity contribution in [3.63, 3.8) is 0 Å². The molecule has 0 radical (unpaired) electrons. The lowest BCUT2D eigenvalue weighted by molar-refractivity contribution is -0.138. The molecule has 1 aliphatic rings. The molecule has 0 bridgehead atoms. The molecule has 0 heterocycles. The van der Waals surface area contributed by atoms with Gasteiger partial charge in [0.05, 0.1) is 0 Å². The summed E-state index contributed by atoms with van der Waals surface area (Å²) in [6.07, 6.45) is 8.45. The van der Waals surface area contributed by atoms with Gasteiger partial charge in [0.1, 0.15) is 0 Å². The molecular weight excluding hydrogens is 260 g/mol. The second kappa shape index (κ2) is 7.26. The lowest BCUT2D eigenvalue weighted by Crippen LogP contribution is -2.16. The third kappa shape index (κ3) is 4.32. The smallest absolute Gasteiger partial charge is 0.303 e. The maximum Gasteiger partial charge on any atom is 0.303 e. The van der Waals surface area contributed by atoms with E-state index in [4.69, 9.17) is 5.11 Å². The van der Waals surface area contributed by atoms with Crippen LogP contribution in [0.15, 0.2) is 43.0 Å². The second-order valence-electron chi connectivity index (χ2n) is 6.02. The van der Waals surface area contributed by atoms with Crippen LogP contribution in [0.1, 0.15) is 56.1 Å². The standard InChI is InChI=1S/C19H24O2/c1-3-4-14(2)16-9-11-18(12-10-16)17-7-5-15(6-8-17)13-19(20)21/h3-4,9-12,15,17H,1,5-8,13H2,2H3,(H,20,21). The van der Waals surface area contributed by atoms with Crippen LogP contribution in [-0.4, -0.2) is 11.1 Å². The Bertz CT molecular complexity index is 517. The number of hydrogen-bond donors (Lipinski definition) is 1. The Balaban J connectivity index is 1.96. The minimum Gasteiger partial charge on any atom is -0.481 e. The van der Waals surface area contributed by atoms with Crippen LogP contribution in [0.3, 0.4) is 0 Å². The summed E-state index contributed by atoms with van der Waals surface area (Å²) in [5.74, 6) is 0.302. The van der Waals surface area contributed by atoms with Gasteiger partial charge in [0.15, 0.2) is 0 Å².